The standard InChI is InChI=1S/C26H31F2N7O/c1-6-34(7-2)24-19(11-23-17(4)32-33(5)25(23)31-24)16-35(15-18-9-20(27)12-21(28)10-18)26-29-13-22(14-30-26)36-8-3/h9-14H,6-8,15-16H2,1-5H3. The third kappa shape index (κ3) is 5.37. The Morgan fingerprint density at radius 1 is 0.917 bits per heavy atom. The number of aryl methyl sites for hydroxylation is 2. The van der Waals surface area contributed by atoms with Crippen LogP contribution in [0.5, 0.6) is 5.75 Å². The molecule has 0 atom stereocenters. The quantitative estimate of drug-likeness (QED) is 0.313. The van der Waals surface area contributed by atoms with Gasteiger partial charge in [-0.1, -0.05) is 0 Å². The summed E-state index contributed by atoms with van der Waals surface area (Å²) in [4.78, 5) is 18.0. The average Bonchev–Trinajstić information content (AvgIpc) is 3.12. The second-order valence-corrected chi connectivity index (χ2v) is 8.51. The van der Waals surface area contributed by atoms with Crippen molar-refractivity contribution < 1.29 is 13.5 Å². The van der Waals surface area contributed by atoms with Gasteiger partial charge in [-0.25, -0.2) is 23.7 Å². The van der Waals surface area contributed by atoms with Gasteiger partial charge in [0.1, 0.15) is 17.5 Å². The van der Waals surface area contributed by atoms with Crippen LogP contribution in [0.2, 0.25) is 0 Å². The lowest BCUT2D eigenvalue weighted by Crippen LogP contribution is -2.29. The molecule has 0 aliphatic heterocycles. The Labute approximate surface area is 209 Å². The van der Waals surface area contributed by atoms with E-state index in [9.17, 15) is 8.78 Å². The van der Waals surface area contributed by atoms with Crippen LogP contribution in [-0.4, -0.2) is 44.4 Å². The molecule has 0 fully saturated rings. The van der Waals surface area contributed by atoms with E-state index in [-0.39, 0.29) is 6.54 Å². The Bertz CT molecular complexity index is 1320. The zero-order valence-corrected chi connectivity index (χ0v) is 21.3. The summed E-state index contributed by atoms with van der Waals surface area (Å²) < 4.78 is 35.3. The number of aromatic nitrogens is 5. The molecule has 3 heterocycles. The Morgan fingerprint density at radius 2 is 1.58 bits per heavy atom. The fraction of sp³-hybridized carbons (Fsp3) is 0.385. The molecule has 190 valence electrons. The summed E-state index contributed by atoms with van der Waals surface area (Å²) in [5.74, 6) is 0.537. The van der Waals surface area contributed by atoms with Gasteiger partial charge in [-0.15, -0.1) is 0 Å². The molecule has 4 aromatic rings. The predicted molar refractivity (Wildman–Crippen MR) is 136 cm³/mol. The largest absolute Gasteiger partial charge is 0.491 e. The van der Waals surface area contributed by atoms with Crippen LogP contribution in [0.3, 0.4) is 0 Å². The van der Waals surface area contributed by atoms with Crippen LogP contribution in [0.4, 0.5) is 20.5 Å². The number of anilines is 2. The third-order valence-corrected chi connectivity index (χ3v) is 5.98. The number of rotatable bonds is 10. The van der Waals surface area contributed by atoms with Crippen molar-refractivity contribution in [3.8, 4) is 5.75 Å². The van der Waals surface area contributed by atoms with Crippen LogP contribution >= 0.6 is 0 Å². The van der Waals surface area contributed by atoms with E-state index in [1.807, 2.05) is 25.8 Å². The van der Waals surface area contributed by atoms with Crippen molar-refractivity contribution in [1.82, 2.24) is 24.7 Å². The molecule has 0 saturated heterocycles. The summed E-state index contributed by atoms with van der Waals surface area (Å²) in [6, 6.07) is 5.60. The van der Waals surface area contributed by atoms with E-state index in [4.69, 9.17) is 9.72 Å². The highest BCUT2D eigenvalue weighted by Gasteiger charge is 2.20. The fourth-order valence-electron chi connectivity index (χ4n) is 4.33. The van der Waals surface area contributed by atoms with Crippen molar-refractivity contribution in [2.45, 2.75) is 40.8 Å². The number of hydrogen-bond donors (Lipinski definition) is 0. The van der Waals surface area contributed by atoms with Crippen molar-refractivity contribution >= 4 is 22.8 Å². The maximum atomic E-state index is 14.0. The van der Waals surface area contributed by atoms with Crippen molar-refractivity contribution in [2.75, 3.05) is 29.5 Å². The minimum absolute atomic E-state index is 0.199. The van der Waals surface area contributed by atoms with E-state index in [1.165, 1.54) is 12.1 Å². The summed E-state index contributed by atoms with van der Waals surface area (Å²) in [6.45, 7) is 10.6. The zero-order valence-electron chi connectivity index (χ0n) is 21.3. The van der Waals surface area contributed by atoms with E-state index in [1.54, 1.807) is 17.1 Å². The molecule has 1 aromatic carbocycles. The SMILES string of the molecule is CCOc1cnc(N(Cc2cc(F)cc(F)c2)Cc2cc3c(C)nn(C)c3nc2N(CC)CC)nc1. The molecule has 0 saturated carbocycles. The summed E-state index contributed by atoms with van der Waals surface area (Å²) in [5.41, 5.74) is 3.09. The highest BCUT2D eigenvalue weighted by Crippen LogP contribution is 2.28. The molecule has 0 spiro atoms. The first-order valence-electron chi connectivity index (χ1n) is 12.1. The normalized spacial score (nSPS) is 11.2. The number of hydrogen-bond acceptors (Lipinski definition) is 7. The van der Waals surface area contributed by atoms with Gasteiger partial charge in [0.15, 0.2) is 11.4 Å². The second-order valence-electron chi connectivity index (χ2n) is 8.51. The van der Waals surface area contributed by atoms with E-state index < -0.39 is 11.6 Å². The molecule has 0 aliphatic rings. The lowest BCUT2D eigenvalue weighted by atomic mass is 10.1. The third-order valence-electron chi connectivity index (χ3n) is 5.98. The molecule has 0 aliphatic carbocycles. The Morgan fingerprint density at radius 3 is 2.19 bits per heavy atom. The summed E-state index contributed by atoms with van der Waals surface area (Å²) in [5, 5.41) is 5.49. The van der Waals surface area contributed by atoms with Crippen LogP contribution in [0.25, 0.3) is 11.0 Å². The molecular formula is C26H31F2N7O. The molecule has 8 nitrogen and oxygen atoms in total. The first-order valence-corrected chi connectivity index (χ1v) is 12.1. The number of fused-ring (bicyclic) bond motifs is 1. The van der Waals surface area contributed by atoms with Gasteiger partial charge in [0.2, 0.25) is 5.95 Å². The average molecular weight is 496 g/mol. The lowest BCUT2D eigenvalue weighted by molar-refractivity contribution is 0.337. The second kappa shape index (κ2) is 10.8. The van der Waals surface area contributed by atoms with E-state index in [0.717, 1.165) is 47.3 Å². The van der Waals surface area contributed by atoms with Gasteiger partial charge < -0.3 is 14.5 Å². The molecule has 0 N–H and O–H groups in total. The minimum Gasteiger partial charge on any atom is -0.491 e. The van der Waals surface area contributed by atoms with Crippen LogP contribution in [-0.2, 0) is 20.1 Å². The molecular weight excluding hydrogens is 464 g/mol. The van der Waals surface area contributed by atoms with E-state index >= 15 is 0 Å². The molecule has 36 heavy (non-hydrogen) atoms. The maximum absolute atomic E-state index is 14.0. The Kier molecular flexibility index (Phi) is 7.61. The van der Waals surface area contributed by atoms with Crippen molar-refractivity contribution in [2.24, 2.45) is 7.05 Å². The van der Waals surface area contributed by atoms with Crippen LogP contribution < -0.4 is 14.5 Å². The monoisotopic (exact) mass is 495 g/mol. The van der Waals surface area contributed by atoms with Crippen LogP contribution in [0, 0.1) is 18.6 Å². The summed E-state index contributed by atoms with van der Waals surface area (Å²) >= 11 is 0. The van der Waals surface area contributed by atoms with Gasteiger partial charge in [-0.2, -0.15) is 5.10 Å². The van der Waals surface area contributed by atoms with Gasteiger partial charge in [0, 0.05) is 50.2 Å². The number of benzene rings is 1. The predicted octanol–water partition coefficient (Wildman–Crippen LogP) is 4.80. The molecule has 10 heteroatoms. The molecule has 0 radical (unpaired) electrons. The number of halogens is 2. The smallest absolute Gasteiger partial charge is 0.226 e. The van der Waals surface area contributed by atoms with Crippen molar-refractivity contribution in [3.63, 3.8) is 0 Å². The summed E-state index contributed by atoms with van der Waals surface area (Å²) in [6.07, 6.45) is 3.20. The molecule has 0 unspecified atom stereocenters. The van der Waals surface area contributed by atoms with Crippen LogP contribution in [0.15, 0.2) is 36.7 Å². The van der Waals surface area contributed by atoms with E-state index in [0.29, 0.717) is 30.4 Å². The topological polar surface area (TPSA) is 72.2 Å². The van der Waals surface area contributed by atoms with Gasteiger partial charge in [0.05, 0.1) is 24.7 Å². The van der Waals surface area contributed by atoms with Crippen molar-refractivity contribution in [3.05, 3.63) is 65.1 Å². The van der Waals surface area contributed by atoms with Crippen LogP contribution in [0.1, 0.15) is 37.6 Å². The summed E-state index contributed by atoms with van der Waals surface area (Å²) in [7, 11) is 1.88. The van der Waals surface area contributed by atoms with E-state index in [2.05, 4.69) is 39.9 Å². The zero-order chi connectivity index (χ0) is 25.8. The Hall–Kier alpha value is -3.82. The number of pyridine rings is 1. The number of nitrogens with zero attached hydrogens (tertiary/aromatic N) is 7. The minimum atomic E-state index is -0.629. The molecule has 0 amide bonds. The molecule has 4 rings (SSSR count). The van der Waals surface area contributed by atoms with Crippen molar-refractivity contribution in [1.29, 1.82) is 0 Å². The highest BCUT2D eigenvalue weighted by atomic mass is 19.1. The molecule has 3 aromatic heterocycles. The first-order chi connectivity index (χ1) is 17.3. The Balaban J connectivity index is 1.80. The maximum Gasteiger partial charge on any atom is 0.226 e. The first kappa shape index (κ1) is 25.3. The van der Waals surface area contributed by atoms with Gasteiger partial charge >= 0.3 is 0 Å². The number of ether oxygens (including phenoxy) is 1. The van der Waals surface area contributed by atoms with Gasteiger partial charge in [-0.05, 0) is 51.5 Å². The highest BCUT2D eigenvalue weighted by molar-refractivity contribution is 5.81. The fourth-order valence-corrected chi connectivity index (χ4v) is 4.33. The lowest BCUT2D eigenvalue weighted by Gasteiger charge is -2.27. The van der Waals surface area contributed by atoms with Gasteiger partial charge in [-0.3, -0.25) is 4.68 Å². The van der Waals surface area contributed by atoms with Gasteiger partial charge in [0.25, 0.3) is 0 Å². The molecule has 0 bridgehead atoms.